The van der Waals surface area contributed by atoms with Crippen LogP contribution in [-0.4, -0.2) is 40.8 Å². The molecule has 0 unspecified atom stereocenters. The van der Waals surface area contributed by atoms with E-state index in [2.05, 4.69) is 23.5 Å². The monoisotopic (exact) mass is 390 g/mol. The normalized spacial score (nSPS) is 16.8. The van der Waals surface area contributed by atoms with E-state index in [0.717, 1.165) is 17.8 Å². The van der Waals surface area contributed by atoms with Gasteiger partial charge in [-0.1, -0.05) is 6.07 Å². The summed E-state index contributed by atoms with van der Waals surface area (Å²) in [5.41, 5.74) is 2.29. The summed E-state index contributed by atoms with van der Waals surface area (Å²) in [6.45, 7) is 8.26. The van der Waals surface area contributed by atoms with Crippen LogP contribution in [0.1, 0.15) is 19.4 Å². The summed E-state index contributed by atoms with van der Waals surface area (Å²) in [6.07, 6.45) is 0. The van der Waals surface area contributed by atoms with E-state index in [0.29, 0.717) is 24.7 Å². The molecule has 1 saturated heterocycles. The van der Waals surface area contributed by atoms with E-state index < -0.39 is 10.0 Å². The Morgan fingerprint density at radius 3 is 2.48 bits per heavy atom. The molecule has 1 heterocycles. The van der Waals surface area contributed by atoms with Crippen LogP contribution in [0.2, 0.25) is 0 Å². The molecule has 146 valence electrons. The molecule has 1 aliphatic heterocycles. The van der Waals surface area contributed by atoms with E-state index in [9.17, 15) is 8.42 Å². The molecule has 2 aromatic carbocycles. The van der Waals surface area contributed by atoms with Crippen LogP contribution in [0.5, 0.6) is 5.75 Å². The SMILES string of the molecule is COc1ccc(C)cc1S(=O)(=O)Nc1ccc(N2CCOCC2(C)C)cc1. The molecule has 7 heteroatoms. The Hall–Kier alpha value is -2.25. The summed E-state index contributed by atoms with van der Waals surface area (Å²) >= 11 is 0. The quantitative estimate of drug-likeness (QED) is 0.847. The number of morpholine rings is 1. The lowest BCUT2D eigenvalue weighted by Crippen LogP contribution is -2.53. The predicted molar refractivity (Wildman–Crippen MR) is 107 cm³/mol. The molecule has 0 atom stereocenters. The van der Waals surface area contributed by atoms with Gasteiger partial charge in [-0.2, -0.15) is 0 Å². The predicted octanol–water partition coefficient (Wildman–Crippen LogP) is 3.42. The molecule has 27 heavy (non-hydrogen) atoms. The lowest BCUT2D eigenvalue weighted by atomic mass is 10.0. The first-order valence-electron chi connectivity index (χ1n) is 8.86. The molecule has 0 saturated carbocycles. The smallest absolute Gasteiger partial charge is 0.265 e. The maximum atomic E-state index is 12.8. The van der Waals surface area contributed by atoms with Gasteiger partial charge in [-0.15, -0.1) is 0 Å². The Labute approximate surface area is 161 Å². The fraction of sp³-hybridized carbons (Fsp3) is 0.400. The van der Waals surface area contributed by atoms with E-state index in [4.69, 9.17) is 9.47 Å². The van der Waals surface area contributed by atoms with Gasteiger partial charge in [0.05, 0.1) is 25.9 Å². The van der Waals surface area contributed by atoms with E-state index in [1.165, 1.54) is 7.11 Å². The number of nitrogens with one attached hydrogen (secondary N) is 1. The maximum Gasteiger partial charge on any atom is 0.265 e. The van der Waals surface area contributed by atoms with Gasteiger partial charge in [-0.05, 0) is 62.7 Å². The van der Waals surface area contributed by atoms with Crippen molar-refractivity contribution in [2.45, 2.75) is 31.2 Å². The van der Waals surface area contributed by atoms with Crippen LogP contribution in [0, 0.1) is 6.92 Å². The largest absolute Gasteiger partial charge is 0.495 e. The summed E-state index contributed by atoms with van der Waals surface area (Å²) in [5.74, 6) is 0.319. The standard InChI is InChI=1S/C20H26N2O4S/c1-15-5-10-18(25-4)19(13-15)27(23,24)21-16-6-8-17(9-7-16)22-11-12-26-14-20(22,2)3/h5-10,13,21H,11-12,14H2,1-4H3. The van der Waals surface area contributed by atoms with Crippen LogP contribution < -0.4 is 14.4 Å². The van der Waals surface area contributed by atoms with Gasteiger partial charge >= 0.3 is 0 Å². The molecule has 0 bridgehead atoms. The number of nitrogens with zero attached hydrogens (tertiary/aromatic N) is 1. The third-order valence-corrected chi connectivity index (χ3v) is 6.09. The van der Waals surface area contributed by atoms with E-state index >= 15 is 0 Å². The first kappa shape index (κ1) is 19.5. The average Bonchev–Trinajstić information content (AvgIpc) is 2.62. The number of anilines is 2. The Morgan fingerprint density at radius 1 is 1.15 bits per heavy atom. The average molecular weight is 391 g/mol. The van der Waals surface area contributed by atoms with Gasteiger partial charge in [0.1, 0.15) is 10.6 Å². The summed E-state index contributed by atoms with van der Waals surface area (Å²) in [4.78, 5) is 2.40. The van der Waals surface area contributed by atoms with Gasteiger partial charge in [0.15, 0.2) is 0 Å². The molecule has 6 nitrogen and oxygen atoms in total. The van der Waals surface area contributed by atoms with Crippen molar-refractivity contribution in [3.8, 4) is 5.75 Å². The number of rotatable bonds is 5. The van der Waals surface area contributed by atoms with E-state index in [1.54, 1.807) is 24.3 Å². The van der Waals surface area contributed by atoms with E-state index in [1.807, 2.05) is 25.1 Å². The molecule has 0 aromatic heterocycles. The van der Waals surface area contributed by atoms with Crippen molar-refractivity contribution in [2.75, 3.05) is 36.5 Å². The zero-order chi connectivity index (χ0) is 19.7. The van der Waals surface area contributed by atoms with Gasteiger partial charge in [0.25, 0.3) is 10.0 Å². The van der Waals surface area contributed by atoms with Gasteiger partial charge in [-0.25, -0.2) is 8.42 Å². The van der Waals surface area contributed by atoms with Gasteiger partial charge in [0.2, 0.25) is 0 Å². The first-order valence-corrected chi connectivity index (χ1v) is 10.3. The lowest BCUT2D eigenvalue weighted by Gasteiger charge is -2.43. The zero-order valence-corrected chi connectivity index (χ0v) is 17.0. The second-order valence-corrected chi connectivity index (χ2v) is 8.97. The highest BCUT2D eigenvalue weighted by Gasteiger charge is 2.30. The zero-order valence-electron chi connectivity index (χ0n) is 16.2. The van der Waals surface area contributed by atoms with Gasteiger partial charge in [-0.3, -0.25) is 4.72 Å². The van der Waals surface area contributed by atoms with Crippen LogP contribution >= 0.6 is 0 Å². The molecule has 0 amide bonds. The topological polar surface area (TPSA) is 67.9 Å². The van der Waals surface area contributed by atoms with Gasteiger partial charge in [0, 0.05) is 17.9 Å². The third-order valence-electron chi connectivity index (χ3n) is 4.69. The number of hydrogen-bond donors (Lipinski definition) is 1. The Morgan fingerprint density at radius 2 is 1.85 bits per heavy atom. The number of methoxy groups -OCH3 is 1. The molecular weight excluding hydrogens is 364 g/mol. The van der Waals surface area contributed by atoms with Crippen molar-refractivity contribution < 1.29 is 17.9 Å². The molecule has 0 spiro atoms. The van der Waals surface area contributed by atoms with Crippen molar-refractivity contribution in [1.29, 1.82) is 0 Å². The summed E-state index contributed by atoms with van der Waals surface area (Å²) < 4.78 is 39.0. The molecule has 1 fully saturated rings. The molecule has 0 radical (unpaired) electrons. The third kappa shape index (κ3) is 4.20. The van der Waals surface area contributed by atoms with E-state index in [-0.39, 0.29) is 10.4 Å². The summed E-state index contributed by atoms with van der Waals surface area (Å²) in [7, 11) is -2.29. The Bertz CT molecular complexity index is 908. The highest BCUT2D eigenvalue weighted by Crippen LogP contribution is 2.30. The van der Waals surface area contributed by atoms with Crippen LogP contribution in [0.15, 0.2) is 47.4 Å². The van der Waals surface area contributed by atoms with Crippen LogP contribution in [0.4, 0.5) is 11.4 Å². The lowest BCUT2D eigenvalue weighted by molar-refractivity contribution is 0.0644. The maximum absolute atomic E-state index is 12.8. The number of sulfonamides is 1. The molecule has 2 aromatic rings. The minimum Gasteiger partial charge on any atom is -0.495 e. The molecule has 3 rings (SSSR count). The number of hydrogen-bond acceptors (Lipinski definition) is 5. The molecule has 1 N–H and O–H groups in total. The Balaban J connectivity index is 1.83. The van der Waals surface area contributed by atoms with Crippen LogP contribution in [0.25, 0.3) is 0 Å². The molecular formula is C20H26N2O4S. The van der Waals surface area contributed by atoms with Crippen LogP contribution in [-0.2, 0) is 14.8 Å². The number of aryl methyl sites for hydroxylation is 1. The van der Waals surface area contributed by atoms with Crippen molar-refractivity contribution in [3.05, 3.63) is 48.0 Å². The van der Waals surface area contributed by atoms with Gasteiger partial charge < -0.3 is 14.4 Å². The van der Waals surface area contributed by atoms with Crippen molar-refractivity contribution in [1.82, 2.24) is 0 Å². The fourth-order valence-corrected chi connectivity index (χ4v) is 4.56. The highest BCUT2D eigenvalue weighted by molar-refractivity contribution is 7.92. The highest BCUT2D eigenvalue weighted by atomic mass is 32.2. The summed E-state index contributed by atoms with van der Waals surface area (Å²) in [6, 6.07) is 12.5. The second kappa shape index (κ2) is 7.40. The minimum absolute atomic E-state index is 0.103. The first-order chi connectivity index (χ1) is 12.7. The number of benzene rings is 2. The Kier molecular flexibility index (Phi) is 5.35. The van der Waals surface area contributed by atoms with Crippen LogP contribution in [0.3, 0.4) is 0 Å². The molecule has 1 aliphatic rings. The fourth-order valence-electron chi connectivity index (χ4n) is 3.25. The van der Waals surface area contributed by atoms with Crippen molar-refractivity contribution >= 4 is 21.4 Å². The summed E-state index contributed by atoms with van der Waals surface area (Å²) in [5, 5.41) is 0. The minimum atomic E-state index is -3.75. The van der Waals surface area contributed by atoms with Crippen molar-refractivity contribution in [2.24, 2.45) is 0 Å². The number of ether oxygens (including phenoxy) is 2. The molecule has 0 aliphatic carbocycles. The van der Waals surface area contributed by atoms with Crippen molar-refractivity contribution in [3.63, 3.8) is 0 Å². The second-order valence-electron chi connectivity index (χ2n) is 7.32.